The molecule has 1 atom stereocenters. The number of amides is 4. The molecule has 2 aliphatic heterocycles. The maximum absolute atomic E-state index is 12.5. The lowest BCUT2D eigenvalue weighted by atomic mass is 10.1. The first kappa shape index (κ1) is 20.3. The van der Waals surface area contributed by atoms with Gasteiger partial charge in [-0.25, -0.2) is 17.5 Å². The monoisotopic (exact) mass is 408 g/mol. The van der Waals surface area contributed by atoms with Crippen molar-refractivity contribution in [1.29, 1.82) is 0 Å². The number of fused-ring (bicyclic) bond motifs is 1. The van der Waals surface area contributed by atoms with Gasteiger partial charge in [-0.15, -0.1) is 0 Å². The highest BCUT2D eigenvalue weighted by atomic mass is 32.2. The maximum Gasteiger partial charge on any atom is 0.327 e. The van der Waals surface area contributed by atoms with Crippen molar-refractivity contribution in [2.24, 2.45) is 0 Å². The van der Waals surface area contributed by atoms with Crippen molar-refractivity contribution < 1.29 is 22.8 Å². The van der Waals surface area contributed by atoms with E-state index in [-0.39, 0.29) is 10.8 Å². The number of imide groups is 1. The molecule has 0 saturated carbocycles. The van der Waals surface area contributed by atoms with E-state index in [4.69, 9.17) is 0 Å². The van der Waals surface area contributed by atoms with Crippen LogP contribution in [0.1, 0.15) is 24.0 Å². The maximum atomic E-state index is 12.5. The quantitative estimate of drug-likeness (QED) is 0.729. The summed E-state index contributed by atoms with van der Waals surface area (Å²) in [7, 11) is -0.808. The molecular weight excluding hydrogens is 384 g/mol. The van der Waals surface area contributed by atoms with Crippen LogP contribution in [0, 0.1) is 13.8 Å². The van der Waals surface area contributed by atoms with Gasteiger partial charge in [0.1, 0.15) is 12.6 Å². The van der Waals surface area contributed by atoms with Gasteiger partial charge in [-0.2, -0.15) is 0 Å². The van der Waals surface area contributed by atoms with E-state index >= 15 is 0 Å². The van der Waals surface area contributed by atoms with Crippen LogP contribution in [0.2, 0.25) is 0 Å². The molecule has 1 unspecified atom stereocenters. The largest absolute Gasteiger partial charge is 0.327 e. The van der Waals surface area contributed by atoms with Gasteiger partial charge in [0, 0.05) is 26.3 Å². The fraction of sp³-hybridized carbons (Fsp3) is 0.500. The number of aryl methyl sites for hydroxylation is 1. The topological polar surface area (TPSA) is 107 Å². The Morgan fingerprint density at radius 3 is 2.54 bits per heavy atom. The zero-order valence-electron chi connectivity index (χ0n) is 16.4. The molecule has 152 valence electrons. The molecule has 9 nitrogen and oxygen atoms in total. The van der Waals surface area contributed by atoms with Gasteiger partial charge in [0.15, 0.2) is 0 Å². The van der Waals surface area contributed by atoms with Gasteiger partial charge in [0.2, 0.25) is 15.9 Å². The molecule has 0 aromatic heterocycles. The molecule has 2 saturated heterocycles. The minimum absolute atomic E-state index is 0.0601. The first-order chi connectivity index (χ1) is 13.0. The van der Waals surface area contributed by atoms with Crippen LogP contribution in [-0.4, -0.2) is 73.6 Å². The highest BCUT2D eigenvalue weighted by Gasteiger charge is 2.47. The van der Waals surface area contributed by atoms with Gasteiger partial charge >= 0.3 is 6.03 Å². The van der Waals surface area contributed by atoms with Crippen molar-refractivity contribution >= 4 is 33.6 Å². The Hall–Kier alpha value is -2.46. The summed E-state index contributed by atoms with van der Waals surface area (Å²) < 4.78 is 25.9. The van der Waals surface area contributed by atoms with Gasteiger partial charge in [-0.1, -0.05) is 0 Å². The third-order valence-electron chi connectivity index (χ3n) is 5.28. The predicted octanol–water partition coefficient (Wildman–Crippen LogP) is 0.919. The lowest BCUT2D eigenvalue weighted by Gasteiger charge is -2.18. The second-order valence-corrected chi connectivity index (χ2v) is 9.46. The number of benzene rings is 1. The van der Waals surface area contributed by atoms with Crippen LogP contribution in [0.4, 0.5) is 10.5 Å². The molecule has 4 amide bonds. The summed E-state index contributed by atoms with van der Waals surface area (Å²) in [6.07, 6.45) is 1.40. The number of hydrogen-bond donors (Lipinski definition) is 1. The van der Waals surface area contributed by atoms with E-state index in [1.807, 2.05) is 0 Å². The molecule has 28 heavy (non-hydrogen) atoms. The average molecular weight is 408 g/mol. The SMILES string of the molecule is Cc1cc(S(=O)(=O)N(C)C)cc(NC(=O)CN2C(=O)C3CCCN3C2=O)c1C. The van der Waals surface area contributed by atoms with E-state index in [2.05, 4.69) is 5.32 Å². The van der Waals surface area contributed by atoms with Crippen LogP contribution >= 0.6 is 0 Å². The first-order valence-electron chi connectivity index (χ1n) is 8.99. The average Bonchev–Trinajstić information content (AvgIpc) is 3.18. The fourth-order valence-electron chi connectivity index (χ4n) is 3.48. The molecule has 3 rings (SSSR count). The van der Waals surface area contributed by atoms with E-state index in [0.29, 0.717) is 29.8 Å². The van der Waals surface area contributed by atoms with Crippen LogP contribution in [0.5, 0.6) is 0 Å². The van der Waals surface area contributed by atoms with Crippen LogP contribution in [-0.2, 0) is 19.6 Å². The van der Waals surface area contributed by atoms with Crippen molar-refractivity contribution in [3.63, 3.8) is 0 Å². The summed E-state index contributed by atoms with van der Waals surface area (Å²) in [5.74, 6) is -0.903. The predicted molar refractivity (Wildman–Crippen MR) is 102 cm³/mol. The standard InChI is InChI=1S/C18H24N4O5S/c1-11-8-13(28(26,27)20(3)4)9-14(12(11)2)19-16(23)10-22-17(24)15-6-5-7-21(15)18(22)25/h8-9,15H,5-7,10H2,1-4H3,(H,19,23). The van der Waals surface area contributed by atoms with E-state index in [9.17, 15) is 22.8 Å². The van der Waals surface area contributed by atoms with E-state index in [1.54, 1.807) is 19.9 Å². The van der Waals surface area contributed by atoms with Crippen molar-refractivity contribution in [3.05, 3.63) is 23.3 Å². The highest BCUT2D eigenvalue weighted by molar-refractivity contribution is 7.89. The Labute approximate surface area is 164 Å². The fourth-order valence-corrected chi connectivity index (χ4v) is 4.49. The molecule has 1 aromatic carbocycles. The van der Waals surface area contributed by atoms with E-state index in [1.165, 1.54) is 25.1 Å². The van der Waals surface area contributed by atoms with Crippen LogP contribution in [0.15, 0.2) is 17.0 Å². The molecule has 1 N–H and O–H groups in total. The third kappa shape index (κ3) is 3.37. The molecule has 2 heterocycles. The smallest absolute Gasteiger partial charge is 0.324 e. The minimum atomic E-state index is -3.67. The number of hydrogen-bond acceptors (Lipinski definition) is 5. The first-order valence-corrected chi connectivity index (χ1v) is 10.4. The van der Waals surface area contributed by atoms with Crippen molar-refractivity contribution in [3.8, 4) is 0 Å². The molecule has 2 fully saturated rings. The molecule has 0 aliphatic carbocycles. The molecule has 0 spiro atoms. The number of sulfonamides is 1. The Bertz CT molecular complexity index is 935. The number of rotatable bonds is 5. The van der Waals surface area contributed by atoms with Crippen LogP contribution < -0.4 is 5.32 Å². The lowest BCUT2D eigenvalue weighted by Crippen LogP contribution is -2.39. The number of nitrogens with zero attached hydrogens (tertiary/aromatic N) is 3. The molecule has 10 heteroatoms. The van der Waals surface area contributed by atoms with Crippen LogP contribution in [0.25, 0.3) is 0 Å². The second kappa shape index (κ2) is 7.17. The Kier molecular flexibility index (Phi) is 5.20. The number of anilines is 1. The summed E-state index contributed by atoms with van der Waals surface area (Å²) in [5, 5.41) is 2.65. The normalized spacial score (nSPS) is 19.5. The molecular formula is C18H24N4O5S. The number of nitrogens with one attached hydrogen (secondary N) is 1. The zero-order chi connectivity index (χ0) is 20.8. The highest BCUT2D eigenvalue weighted by Crippen LogP contribution is 2.28. The number of carbonyl (C=O) groups is 3. The van der Waals surface area contributed by atoms with Crippen LogP contribution in [0.3, 0.4) is 0 Å². The van der Waals surface area contributed by atoms with E-state index in [0.717, 1.165) is 15.6 Å². The number of urea groups is 1. The lowest BCUT2D eigenvalue weighted by molar-refractivity contribution is -0.131. The molecule has 0 bridgehead atoms. The second-order valence-electron chi connectivity index (χ2n) is 7.31. The van der Waals surface area contributed by atoms with Crippen molar-refractivity contribution in [2.45, 2.75) is 37.6 Å². The third-order valence-corrected chi connectivity index (χ3v) is 7.07. The van der Waals surface area contributed by atoms with Gasteiger partial charge in [-0.3, -0.25) is 14.5 Å². The van der Waals surface area contributed by atoms with Gasteiger partial charge in [-0.05, 0) is 49.9 Å². The summed E-state index contributed by atoms with van der Waals surface area (Å²) >= 11 is 0. The summed E-state index contributed by atoms with van der Waals surface area (Å²) in [5.41, 5.74) is 1.75. The van der Waals surface area contributed by atoms with Gasteiger partial charge in [0.25, 0.3) is 5.91 Å². The van der Waals surface area contributed by atoms with Gasteiger partial charge < -0.3 is 10.2 Å². The summed E-state index contributed by atoms with van der Waals surface area (Å²) in [6, 6.07) is 2.03. The minimum Gasteiger partial charge on any atom is -0.324 e. The summed E-state index contributed by atoms with van der Waals surface area (Å²) in [6.45, 7) is 3.64. The van der Waals surface area contributed by atoms with Gasteiger partial charge in [0.05, 0.1) is 4.90 Å². The van der Waals surface area contributed by atoms with Crippen molar-refractivity contribution in [2.75, 3.05) is 32.5 Å². The Morgan fingerprint density at radius 2 is 1.93 bits per heavy atom. The molecule has 0 radical (unpaired) electrons. The summed E-state index contributed by atoms with van der Waals surface area (Å²) in [4.78, 5) is 39.7. The molecule has 1 aromatic rings. The van der Waals surface area contributed by atoms with Crippen molar-refractivity contribution in [1.82, 2.24) is 14.1 Å². The Balaban J connectivity index is 1.80. The van der Waals surface area contributed by atoms with E-state index < -0.39 is 34.5 Å². The molecule has 2 aliphatic rings. The zero-order valence-corrected chi connectivity index (χ0v) is 17.2. The Morgan fingerprint density at radius 1 is 1.25 bits per heavy atom. The number of carbonyl (C=O) groups excluding carboxylic acids is 3.